The second-order valence-electron chi connectivity index (χ2n) is 6.87. The van der Waals surface area contributed by atoms with E-state index in [1.165, 1.54) is 6.07 Å². The van der Waals surface area contributed by atoms with Crippen LogP contribution in [0.25, 0.3) is 0 Å². The lowest BCUT2D eigenvalue weighted by Gasteiger charge is -2.32. The highest BCUT2D eigenvalue weighted by molar-refractivity contribution is 7.49. The number of nitrogens with one attached hydrogen (secondary N) is 1. The summed E-state index contributed by atoms with van der Waals surface area (Å²) in [5.74, 6) is 0.144. The van der Waals surface area contributed by atoms with E-state index in [2.05, 4.69) is 0 Å². The average Bonchev–Trinajstić information content (AvgIpc) is 2.98. The highest BCUT2D eigenvalue weighted by atomic mass is 31.2. The summed E-state index contributed by atoms with van der Waals surface area (Å²) in [5.41, 5.74) is -4.47. The molecular weight excluding hydrogens is 448 g/mol. The minimum atomic E-state index is -4.41. The number of H-pyrrole nitrogens is 1. The van der Waals surface area contributed by atoms with Gasteiger partial charge in [-0.25, -0.2) is 22.5 Å². The number of nitrogens with zero attached hydrogens (tertiary/aromatic N) is 1. The number of aromatic nitrogens is 2. The van der Waals surface area contributed by atoms with Crippen LogP contribution in [-0.4, -0.2) is 45.6 Å². The Hall–Kier alpha value is -2.44. The van der Waals surface area contributed by atoms with Gasteiger partial charge in [-0.1, -0.05) is 18.2 Å². The van der Waals surface area contributed by atoms with Crippen molar-refractivity contribution in [1.82, 2.24) is 9.55 Å². The lowest BCUT2D eigenvalue weighted by atomic mass is 9.98. The number of para-hydroxylation sites is 1. The van der Waals surface area contributed by atoms with Crippen LogP contribution in [0.5, 0.6) is 5.75 Å². The zero-order chi connectivity index (χ0) is 22.4. The molecule has 5 atom stereocenters. The zero-order valence-electron chi connectivity index (χ0n) is 15.5. The predicted molar refractivity (Wildman–Crippen MR) is 96.5 cm³/mol. The summed E-state index contributed by atoms with van der Waals surface area (Å²) >= 11 is 0. The molecule has 1 aromatic carbocycles. The molecule has 3 heterocycles. The minimum absolute atomic E-state index is 0.144. The number of halogens is 3. The van der Waals surface area contributed by atoms with Crippen molar-refractivity contribution in [2.24, 2.45) is 0 Å². The van der Waals surface area contributed by atoms with Crippen LogP contribution in [0.4, 0.5) is 13.2 Å². The Kier molecular flexibility index (Phi) is 5.56. The molecule has 1 fully saturated rings. The van der Waals surface area contributed by atoms with Gasteiger partial charge >= 0.3 is 13.5 Å². The van der Waals surface area contributed by atoms with Crippen LogP contribution in [0.1, 0.15) is 11.8 Å². The molecule has 168 valence electrons. The smallest absolute Gasteiger partial charge is 0.404 e. The largest absolute Gasteiger partial charge is 0.530 e. The number of aliphatic hydroxyl groups is 1. The molecule has 1 aromatic heterocycles. The van der Waals surface area contributed by atoms with E-state index in [4.69, 9.17) is 18.3 Å². The molecule has 0 spiro atoms. The maximum Gasteiger partial charge on any atom is 0.530 e. The van der Waals surface area contributed by atoms with Gasteiger partial charge in [0.15, 0.2) is 18.0 Å². The van der Waals surface area contributed by atoms with Gasteiger partial charge in [-0.05, 0) is 6.07 Å². The van der Waals surface area contributed by atoms with Gasteiger partial charge in [0.05, 0.1) is 13.2 Å². The number of alkyl halides is 3. The Labute approximate surface area is 171 Å². The number of aromatic amines is 1. The van der Waals surface area contributed by atoms with Crippen molar-refractivity contribution in [3.63, 3.8) is 0 Å². The van der Waals surface area contributed by atoms with Gasteiger partial charge in [-0.15, -0.1) is 0 Å². The Morgan fingerprint density at radius 3 is 2.77 bits per heavy atom. The fourth-order valence-corrected chi connectivity index (χ4v) is 4.50. The lowest BCUT2D eigenvalue weighted by Crippen LogP contribution is -2.50. The molecule has 31 heavy (non-hydrogen) atoms. The van der Waals surface area contributed by atoms with Crippen molar-refractivity contribution in [3.8, 4) is 5.75 Å². The molecule has 2 N–H and O–H groups in total. The fourth-order valence-electron chi connectivity index (χ4n) is 3.24. The van der Waals surface area contributed by atoms with Crippen molar-refractivity contribution in [3.05, 3.63) is 62.9 Å². The van der Waals surface area contributed by atoms with Crippen molar-refractivity contribution in [1.29, 1.82) is 0 Å². The third-order valence-corrected chi connectivity index (χ3v) is 6.21. The Balaban J connectivity index is 1.58. The van der Waals surface area contributed by atoms with Crippen LogP contribution >= 0.6 is 7.82 Å². The number of fused-ring (bicyclic) bond motifs is 1. The van der Waals surface area contributed by atoms with Gasteiger partial charge in [0, 0.05) is 17.8 Å². The zero-order valence-corrected chi connectivity index (χ0v) is 16.4. The number of ether oxygens (including phenoxy) is 1. The molecule has 0 bridgehead atoms. The first-order chi connectivity index (χ1) is 14.7. The second kappa shape index (κ2) is 7.92. The second-order valence-corrected chi connectivity index (χ2v) is 8.46. The number of aliphatic hydroxyl groups excluding tert-OH is 1. The SMILES string of the molecule is O=c1ccn([C@@H]2O[C@@](COP3(=O)OCc4ccccc4O3)(C(F)F)[C@@H](F)[C@H]2O)c(=O)[nH]1. The monoisotopic (exact) mass is 464 g/mol. The van der Waals surface area contributed by atoms with Crippen LogP contribution in [0.3, 0.4) is 0 Å². The average molecular weight is 464 g/mol. The molecule has 10 nitrogen and oxygen atoms in total. The molecule has 0 aliphatic carbocycles. The third-order valence-electron chi connectivity index (χ3n) is 4.90. The molecular formula is C17H16F3N2O8P. The third kappa shape index (κ3) is 3.83. The van der Waals surface area contributed by atoms with Crippen LogP contribution in [0, 0.1) is 0 Å². The summed E-state index contributed by atoms with van der Waals surface area (Å²) in [6.45, 7) is -1.52. The van der Waals surface area contributed by atoms with Crippen molar-refractivity contribution in [2.45, 2.75) is 37.1 Å². The van der Waals surface area contributed by atoms with E-state index in [9.17, 15) is 32.4 Å². The lowest BCUT2D eigenvalue weighted by molar-refractivity contribution is -0.184. The van der Waals surface area contributed by atoms with E-state index in [0.717, 1.165) is 12.3 Å². The first-order valence-corrected chi connectivity index (χ1v) is 10.4. The Morgan fingerprint density at radius 2 is 2.06 bits per heavy atom. The van der Waals surface area contributed by atoms with Crippen LogP contribution in [0.15, 0.2) is 46.1 Å². The Bertz CT molecular complexity index is 1140. The van der Waals surface area contributed by atoms with Crippen molar-refractivity contribution >= 4 is 7.82 Å². The van der Waals surface area contributed by atoms with Gasteiger partial charge < -0.3 is 14.4 Å². The summed E-state index contributed by atoms with van der Waals surface area (Å²) < 4.78 is 76.1. The van der Waals surface area contributed by atoms with E-state index >= 15 is 0 Å². The minimum Gasteiger partial charge on any atom is -0.404 e. The normalized spacial score (nSPS) is 32.6. The number of hydrogen-bond donors (Lipinski definition) is 2. The molecule has 0 radical (unpaired) electrons. The molecule has 2 aliphatic rings. The standard InChI is InChI=1S/C17H16F3N2O8P/c18-13-12(24)14(22-6-5-11(23)21-16(22)25)29-17(13,15(19)20)8-28-31(26)27-7-9-3-1-2-4-10(9)30-31/h1-6,12-15,24H,7-8H2,(H,21,23,25)/t12-,13+,14-,17-,31?/m1/s1. The summed E-state index contributed by atoms with van der Waals surface area (Å²) in [5, 5.41) is 10.1. The van der Waals surface area contributed by atoms with E-state index in [-0.39, 0.29) is 12.4 Å². The van der Waals surface area contributed by atoms with Crippen LogP contribution in [0.2, 0.25) is 0 Å². The molecule has 2 aliphatic heterocycles. The predicted octanol–water partition coefficient (Wildman–Crippen LogP) is 1.50. The molecule has 0 amide bonds. The van der Waals surface area contributed by atoms with E-state index < -0.39 is 56.2 Å². The van der Waals surface area contributed by atoms with Crippen LogP contribution in [-0.2, 0) is 25.0 Å². The summed E-state index contributed by atoms with van der Waals surface area (Å²) in [6, 6.07) is 7.20. The van der Waals surface area contributed by atoms with Gasteiger partial charge in [-0.2, -0.15) is 0 Å². The van der Waals surface area contributed by atoms with Gasteiger partial charge in [0.2, 0.25) is 0 Å². The molecule has 4 rings (SSSR count). The molecule has 1 unspecified atom stereocenters. The number of phosphoric acid groups is 1. The molecule has 14 heteroatoms. The number of benzene rings is 1. The van der Waals surface area contributed by atoms with Crippen LogP contribution < -0.4 is 15.8 Å². The number of rotatable bonds is 5. The quantitative estimate of drug-likeness (QED) is 0.638. The van der Waals surface area contributed by atoms with Gasteiger partial charge in [-0.3, -0.25) is 23.4 Å². The molecule has 2 aromatic rings. The summed E-state index contributed by atoms with van der Waals surface area (Å²) in [6.07, 6.45) is -9.59. The van der Waals surface area contributed by atoms with Crippen molar-refractivity contribution < 1.29 is 41.2 Å². The number of phosphoric ester groups is 1. The van der Waals surface area contributed by atoms with E-state index in [0.29, 0.717) is 10.1 Å². The first kappa shape index (κ1) is 21.8. The molecule has 1 saturated heterocycles. The maximum atomic E-state index is 14.9. The fraction of sp³-hybridized carbons (Fsp3) is 0.412. The van der Waals surface area contributed by atoms with Crippen molar-refractivity contribution in [2.75, 3.05) is 6.61 Å². The first-order valence-electron chi connectivity index (χ1n) is 8.91. The Morgan fingerprint density at radius 1 is 1.32 bits per heavy atom. The highest BCUT2D eigenvalue weighted by Gasteiger charge is 2.63. The van der Waals surface area contributed by atoms with E-state index in [1.54, 1.807) is 18.2 Å². The molecule has 0 saturated carbocycles. The summed E-state index contributed by atoms with van der Waals surface area (Å²) in [4.78, 5) is 25.0. The van der Waals surface area contributed by atoms with Gasteiger partial charge in [0.25, 0.3) is 12.0 Å². The van der Waals surface area contributed by atoms with E-state index in [1.807, 2.05) is 4.98 Å². The van der Waals surface area contributed by atoms with Gasteiger partial charge in [0.1, 0.15) is 11.9 Å². The highest BCUT2D eigenvalue weighted by Crippen LogP contribution is 2.56. The topological polar surface area (TPSA) is 129 Å². The summed E-state index contributed by atoms with van der Waals surface area (Å²) in [7, 11) is -4.41. The number of hydrogen-bond acceptors (Lipinski definition) is 8. The maximum absolute atomic E-state index is 14.9.